The van der Waals surface area contributed by atoms with Crippen LogP contribution in [0.4, 0.5) is 5.69 Å². The van der Waals surface area contributed by atoms with E-state index in [9.17, 15) is 9.59 Å². The van der Waals surface area contributed by atoms with Gasteiger partial charge in [-0.05, 0) is 37.1 Å². The number of benzene rings is 2. The lowest BCUT2D eigenvalue weighted by molar-refractivity contribution is -0.115. The quantitative estimate of drug-likeness (QED) is 0.531. The van der Waals surface area contributed by atoms with Gasteiger partial charge in [0.2, 0.25) is 5.91 Å². The highest BCUT2D eigenvalue weighted by molar-refractivity contribution is 6.45. The Morgan fingerprint density at radius 3 is 2.29 bits per heavy atom. The Hall–Kier alpha value is -2.13. The van der Waals surface area contributed by atoms with Crippen LogP contribution in [0.5, 0.6) is 0 Å². The second-order valence-corrected chi connectivity index (χ2v) is 5.32. The number of carbonyl (C=O) groups excluding carboxylic acids is 2. The van der Waals surface area contributed by atoms with Gasteiger partial charge in [-0.25, -0.2) is 0 Å². The fourth-order valence-corrected chi connectivity index (χ4v) is 2.07. The number of amides is 1. The fourth-order valence-electron chi connectivity index (χ4n) is 1.89. The van der Waals surface area contributed by atoms with Crippen LogP contribution in [-0.2, 0) is 4.79 Å². The van der Waals surface area contributed by atoms with Gasteiger partial charge in [-0.3, -0.25) is 9.59 Å². The topological polar surface area (TPSA) is 46.2 Å². The molecule has 0 saturated heterocycles. The van der Waals surface area contributed by atoms with E-state index in [0.29, 0.717) is 11.3 Å². The molecule has 21 heavy (non-hydrogen) atoms. The Morgan fingerprint density at radius 2 is 1.67 bits per heavy atom. The van der Waals surface area contributed by atoms with E-state index in [-0.39, 0.29) is 0 Å². The van der Waals surface area contributed by atoms with Crippen LogP contribution in [0.25, 0.3) is 0 Å². The van der Waals surface area contributed by atoms with Crippen molar-refractivity contribution in [2.75, 3.05) is 5.32 Å². The Kier molecular flexibility index (Phi) is 4.76. The van der Waals surface area contributed by atoms with Gasteiger partial charge in [0.1, 0.15) is 0 Å². The van der Waals surface area contributed by atoms with Gasteiger partial charge in [-0.15, -0.1) is 11.6 Å². The van der Waals surface area contributed by atoms with E-state index in [4.69, 9.17) is 11.6 Å². The molecule has 0 aliphatic rings. The van der Waals surface area contributed by atoms with Gasteiger partial charge in [0.25, 0.3) is 0 Å². The fraction of sp³-hybridized carbons (Fsp3) is 0.176. The van der Waals surface area contributed by atoms with Gasteiger partial charge in [0.15, 0.2) is 11.2 Å². The van der Waals surface area contributed by atoms with Gasteiger partial charge >= 0.3 is 0 Å². The van der Waals surface area contributed by atoms with E-state index in [1.165, 1.54) is 0 Å². The first-order chi connectivity index (χ1) is 9.99. The number of anilines is 1. The first-order valence-corrected chi connectivity index (χ1v) is 7.04. The maximum absolute atomic E-state index is 12.1. The molecule has 1 N–H and O–H groups in total. The molecule has 0 aliphatic carbocycles. The highest BCUT2D eigenvalue weighted by Crippen LogP contribution is 2.16. The summed E-state index contributed by atoms with van der Waals surface area (Å²) in [5, 5.41) is 1.43. The lowest BCUT2D eigenvalue weighted by atomic mass is 10.1. The maximum atomic E-state index is 12.1. The van der Waals surface area contributed by atoms with Crippen molar-refractivity contribution in [1.82, 2.24) is 0 Å². The van der Waals surface area contributed by atoms with Crippen LogP contribution in [0.15, 0.2) is 48.5 Å². The minimum atomic E-state index is -1.24. The molecule has 0 aliphatic heterocycles. The largest absolute Gasteiger partial charge is 0.324 e. The van der Waals surface area contributed by atoms with Gasteiger partial charge in [-0.2, -0.15) is 0 Å². The van der Waals surface area contributed by atoms with Gasteiger partial charge in [0.05, 0.1) is 0 Å². The van der Waals surface area contributed by atoms with Crippen LogP contribution >= 0.6 is 11.6 Å². The summed E-state index contributed by atoms with van der Waals surface area (Å²) in [5.41, 5.74) is 3.26. The number of aryl methyl sites for hydroxylation is 2. The molecule has 3 nitrogen and oxygen atoms in total. The predicted molar refractivity (Wildman–Crippen MR) is 85.0 cm³/mol. The molecular weight excluding hydrogens is 286 g/mol. The lowest BCUT2D eigenvalue weighted by Crippen LogP contribution is -2.30. The van der Waals surface area contributed by atoms with Crippen molar-refractivity contribution in [3.05, 3.63) is 65.2 Å². The van der Waals surface area contributed by atoms with Crippen LogP contribution in [0.2, 0.25) is 0 Å². The second-order valence-electron chi connectivity index (χ2n) is 4.88. The van der Waals surface area contributed by atoms with Crippen molar-refractivity contribution in [2.45, 2.75) is 19.2 Å². The Bertz CT molecular complexity index is 668. The molecule has 1 amide bonds. The summed E-state index contributed by atoms with van der Waals surface area (Å²) in [4.78, 5) is 24.2. The lowest BCUT2D eigenvalue weighted by Gasteiger charge is -2.11. The van der Waals surface area contributed by atoms with Gasteiger partial charge in [-0.1, -0.05) is 36.4 Å². The third-order valence-electron chi connectivity index (χ3n) is 3.29. The number of rotatable bonds is 4. The normalized spacial score (nSPS) is 11.8. The first kappa shape index (κ1) is 15.3. The third-order valence-corrected chi connectivity index (χ3v) is 3.69. The number of ketones is 1. The molecular formula is C17H16ClNO2. The molecule has 0 aromatic heterocycles. The maximum Gasteiger partial charge on any atom is 0.250 e. The molecule has 2 rings (SSSR count). The molecule has 2 aromatic carbocycles. The van der Waals surface area contributed by atoms with Crippen LogP contribution in [-0.4, -0.2) is 17.1 Å². The molecule has 4 heteroatoms. The number of alkyl halides is 1. The Balaban J connectivity index is 2.09. The SMILES string of the molecule is Cc1ccc(NC(=O)C(Cl)C(=O)c2ccccc2)cc1C. The molecule has 108 valence electrons. The molecule has 0 bridgehead atoms. The summed E-state index contributed by atoms with van der Waals surface area (Å²) in [6.07, 6.45) is 0. The van der Waals surface area contributed by atoms with Crippen molar-refractivity contribution >= 4 is 29.0 Å². The molecule has 0 heterocycles. The summed E-state index contributed by atoms with van der Waals surface area (Å²) in [6, 6.07) is 14.1. The first-order valence-electron chi connectivity index (χ1n) is 6.60. The highest BCUT2D eigenvalue weighted by atomic mass is 35.5. The summed E-state index contributed by atoms with van der Waals surface area (Å²) in [6.45, 7) is 3.95. The van der Waals surface area contributed by atoms with Gasteiger partial charge < -0.3 is 5.32 Å². The zero-order chi connectivity index (χ0) is 15.4. The summed E-state index contributed by atoms with van der Waals surface area (Å²) in [7, 11) is 0. The molecule has 1 atom stereocenters. The average molecular weight is 302 g/mol. The molecule has 0 fully saturated rings. The average Bonchev–Trinajstić information content (AvgIpc) is 2.50. The zero-order valence-corrected chi connectivity index (χ0v) is 12.6. The number of hydrogen-bond donors (Lipinski definition) is 1. The molecule has 0 saturated carbocycles. The number of Topliss-reactive ketones (excluding diaryl/α,β-unsaturated/α-hetero) is 1. The minimum Gasteiger partial charge on any atom is -0.324 e. The standard InChI is InChI=1S/C17H16ClNO2/c1-11-8-9-14(10-12(11)2)19-17(21)15(18)16(20)13-6-4-3-5-7-13/h3-10,15H,1-2H3,(H,19,21). The number of carbonyl (C=O) groups is 2. The van der Waals surface area contributed by atoms with E-state index in [1.807, 2.05) is 26.0 Å². The van der Waals surface area contributed by atoms with Crippen LogP contribution in [0.3, 0.4) is 0 Å². The number of halogens is 1. The highest BCUT2D eigenvalue weighted by Gasteiger charge is 2.25. The molecule has 0 spiro atoms. The molecule has 2 aromatic rings. The molecule has 0 radical (unpaired) electrons. The Labute approximate surface area is 128 Å². The van der Waals surface area contributed by atoms with Crippen molar-refractivity contribution in [2.24, 2.45) is 0 Å². The third kappa shape index (κ3) is 3.70. The Morgan fingerprint density at radius 1 is 1.00 bits per heavy atom. The predicted octanol–water partition coefficient (Wildman–Crippen LogP) is 3.73. The monoisotopic (exact) mass is 301 g/mol. The minimum absolute atomic E-state index is 0.404. The molecule has 1 unspecified atom stereocenters. The van der Waals surface area contributed by atoms with E-state index in [1.54, 1.807) is 36.4 Å². The smallest absolute Gasteiger partial charge is 0.250 e. The second kappa shape index (κ2) is 6.55. The number of hydrogen-bond acceptors (Lipinski definition) is 2. The summed E-state index contributed by atoms with van der Waals surface area (Å²) in [5.74, 6) is -0.924. The van der Waals surface area contributed by atoms with Crippen molar-refractivity contribution in [1.29, 1.82) is 0 Å². The van der Waals surface area contributed by atoms with E-state index in [2.05, 4.69) is 5.32 Å². The number of nitrogens with one attached hydrogen (secondary N) is 1. The van der Waals surface area contributed by atoms with Crippen LogP contribution < -0.4 is 5.32 Å². The van der Waals surface area contributed by atoms with E-state index < -0.39 is 17.1 Å². The summed E-state index contributed by atoms with van der Waals surface area (Å²) >= 11 is 5.98. The van der Waals surface area contributed by atoms with Crippen LogP contribution in [0, 0.1) is 13.8 Å². The van der Waals surface area contributed by atoms with Gasteiger partial charge in [0, 0.05) is 11.3 Å². The van der Waals surface area contributed by atoms with E-state index >= 15 is 0 Å². The summed E-state index contributed by atoms with van der Waals surface area (Å²) < 4.78 is 0. The van der Waals surface area contributed by atoms with Crippen molar-refractivity contribution in [3.63, 3.8) is 0 Å². The van der Waals surface area contributed by atoms with Crippen molar-refractivity contribution < 1.29 is 9.59 Å². The van der Waals surface area contributed by atoms with Crippen LogP contribution in [0.1, 0.15) is 21.5 Å². The zero-order valence-electron chi connectivity index (χ0n) is 11.9. The van der Waals surface area contributed by atoms with E-state index in [0.717, 1.165) is 11.1 Å². The van der Waals surface area contributed by atoms with Crippen molar-refractivity contribution in [3.8, 4) is 0 Å².